The SMILES string of the molecule is Cc1ccccc1NC(=O)On1c(Cl)cnc1Cl. The van der Waals surface area contributed by atoms with Crippen LogP contribution in [-0.2, 0) is 0 Å². The topological polar surface area (TPSA) is 56.1 Å². The van der Waals surface area contributed by atoms with Crippen molar-refractivity contribution >= 4 is 35.0 Å². The number of anilines is 1. The van der Waals surface area contributed by atoms with Gasteiger partial charge in [0.05, 0.1) is 6.20 Å². The Kier molecular flexibility index (Phi) is 3.74. The number of rotatable bonds is 2. The summed E-state index contributed by atoms with van der Waals surface area (Å²) in [5.74, 6) is 0. The third-order valence-electron chi connectivity index (χ3n) is 2.20. The number of carbonyl (C=O) groups is 1. The van der Waals surface area contributed by atoms with Crippen LogP contribution in [0.25, 0.3) is 0 Å². The van der Waals surface area contributed by atoms with Crippen molar-refractivity contribution < 1.29 is 9.63 Å². The van der Waals surface area contributed by atoms with Crippen LogP contribution in [0.1, 0.15) is 5.56 Å². The van der Waals surface area contributed by atoms with Crippen molar-refractivity contribution in [3.63, 3.8) is 0 Å². The number of para-hydroxylation sites is 1. The maximum atomic E-state index is 11.6. The number of halogens is 2. The molecule has 0 aliphatic rings. The minimum Gasteiger partial charge on any atom is -0.313 e. The number of carbonyl (C=O) groups excluding carboxylic acids is 1. The molecule has 0 fully saturated rings. The molecule has 0 radical (unpaired) electrons. The van der Waals surface area contributed by atoms with Crippen LogP contribution in [0.3, 0.4) is 0 Å². The number of aryl methyl sites for hydroxylation is 1. The second kappa shape index (κ2) is 5.29. The lowest BCUT2D eigenvalue weighted by molar-refractivity contribution is 0.148. The Balaban J connectivity index is 2.08. The molecule has 1 N–H and O–H groups in total. The number of benzene rings is 1. The maximum Gasteiger partial charge on any atom is 0.436 e. The lowest BCUT2D eigenvalue weighted by Gasteiger charge is -2.09. The summed E-state index contributed by atoms with van der Waals surface area (Å²) >= 11 is 11.4. The quantitative estimate of drug-likeness (QED) is 0.922. The summed E-state index contributed by atoms with van der Waals surface area (Å²) in [7, 11) is 0. The van der Waals surface area contributed by atoms with E-state index < -0.39 is 6.09 Å². The predicted molar refractivity (Wildman–Crippen MR) is 69.0 cm³/mol. The molecule has 7 heteroatoms. The fourth-order valence-corrected chi connectivity index (χ4v) is 1.69. The highest BCUT2D eigenvalue weighted by Crippen LogP contribution is 2.15. The Hall–Kier alpha value is -1.72. The van der Waals surface area contributed by atoms with Crippen LogP contribution in [0.5, 0.6) is 0 Å². The van der Waals surface area contributed by atoms with Gasteiger partial charge in [0.15, 0.2) is 5.15 Å². The molecule has 1 heterocycles. The van der Waals surface area contributed by atoms with Gasteiger partial charge in [-0.25, -0.2) is 9.78 Å². The minimum atomic E-state index is -0.703. The second-order valence-corrected chi connectivity index (χ2v) is 4.19. The van der Waals surface area contributed by atoms with E-state index >= 15 is 0 Å². The highest BCUT2D eigenvalue weighted by Gasteiger charge is 2.12. The monoisotopic (exact) mass is 285 g/mol. The summed E-state index contributed by atoms with van der Waals surface area (Å²) in [6, 6.07) is 7.30. The van der Waals surface area contributed by atoms with E-state index in [1.807, 2.05) is 19.1 Å². The van der Waals surface area contributed by atoms with Crippen LogP contribution in [0.2, 0.25) is 10.4 Å². The lowest BCUT2D eigenvalue weighted by Crippen LogP contribution is -2.25. The molecule has 1 aromatic heterocycles. The number of nitrogens with one attached hydrogen (secondary N) is 1. The van der Waals surface area contributed by atoms with Crippen molar-refractivity contribution in [3.8, 4) is 0 Å². The van der Waals surface area contributed by atoms with Gasteiger partial charge in [0.25, 0.3) is 0 Å². The lowest BCUT2D eigenvalue weighted by atomic mass is 10.2. The number of amides is 1. The molecular formula is C11H9Cl2N3O2. The van der Waals surface area contributed by atoms with Crippen molar-refractivity contribution in [2.75, 3.05) is 5.32 Å². The Morgan fingerprint density at radius 2 is 2.11 bits per heavy atom. The van der Waals surface area contributed by atoms with Crippen LogP contribution in [0.15, 0.2) is 30.5 Å². The van der Waals surface area contributed by atoms with Gasteiger partial charge in [0.2, 0.25) is 5.28 Å². The molecule has 1 amide bonds. The van der Waals surface area contributed by atoms with Crippen molar-refractivity contribution in [1.82, 2.24) is 9.71 Å². The third kappa shape index (κ3) is 2.75. The van der Waals surface area contributed by atoms with Crippen LogP contribution < -0.4 is 10.2 Å². The van der Waals surface area contributed by atoms with E-state index in [2.05, 4.69) is 10.3 Å². The van der Waals surface area contributed by atoms with Crippen molar-refractivity contribution in [1.29, 1.82) is 0 Å². The van der Waals surface area contributed by atoms with Crippen molar-refractivity contribution in [3.05, 3.63) is 46.5 Å². The molecule has 0 bridgehead atoms. The molecule has 0 atom stereocenters. The largest absolute Gasteiger partial charge is 0.436 e. The molecule has 94 valence electrons. The third-order valence-corrected chi connectivity index (χ3v) is 2.70. The zero-order chi connectivity index (χ0) is 13.1. The highest BCUT2D eigenvalue weighted by molar-refractivity contribution is 6.32. The van der Waals surface area contributed by atoms with E-state index in [0.717, 1.165) is 10.3 Å². The summed E-state index contributed by atoms with van der Waals surface area (Å²) in [6.07, 6.45) is 0.580. The average molecular weight is 286 g/mol. The number of hydrogen-bond donors (Lipinski definition) is 1. The van der Waals surface area contributed by atoms with E-state index in [9.17, 15) is 4.79 Å². The molecule has 0 aliphatic carbocycles. The zero-order valence-electron chi connectivity index (χ0n) is 9.35. The van der Waals surface area contributed by atoms with Gasteiger partial charge in [-0.3, -0.25) is 5.32 Å². The Bertz CT molecular complexity index is 564. The van der Waals surface area contributed by atoms with Gasteiger partial charge in [0.1, 0.15) is 0 Å². The summed E-state index contributed by atoms with van der Waals surface area (Å²) < 4.78 is 0.927. The first-order valence-electron chi connectivity index (χ1n) is 5.01. The predicted octanol–water partition coefficient (Wildman–Crippen LogP) is 3.16. The number of aromatic nitrogens is 2. The summed E-state index contributed by atoms with van der Waals surface area (Å²) in [6.45, 7) is 1.87. The number of hydrogen-bond acceptors (Lipinski definition) is 3. The fraction of sp³-hybridized carbons (Fsp3) is 0.0909. The van der Waals surface area contributed by atoms with Gasteiger partial charge < -0.3 is 4.84 Å². The van der Waals surface area contributed by atoms with Gasteiger partial charge in [-0.1, -0.05) is 29.8 Å². The van der Waals surface area contributed by atoms with Gasteiger partial charge in [-0.2, -0.15) is 0 Å². The summed E-state index contributed by atoms with van der Waals surface area (Å²) in [5, 5.41) is 2.66. The Morgan fingerprint density at radius 1 is 1.39 bits per heavy atom. The van der Waals surface area contributed by atoms with Crippen LogP contribution in [0.4, 0.5) is 10.5 Å². The average Bonchev–Trinajstić information content (AvgIpc) is 2.64. The van der Waals surface area contributed by atoms with Crippen molar-refractivity contribution in [2.24, 2.45) is 0 Å². The molecule has 2 rings (SSSR count). The van der Waals surface area contributed by atoms with E-state index in [1.54, 1.807) is 12.1 Å². The number of imidazole rings is 1. The highest BCUT2D eigenvalue weighted by atomic mass is 35.5. The first kappa shape index (κ1) is 12.7. The second-order valence-electron chi connectivity index (χ2n) is 3.46. The van der Waals surface area contributed by atoms with Crippen molar-refractivity contribution in [2.45, 2.75) is 6.92 Å². The smallest absolute Gasteiger partial charge is 0.313 e. The molecule has 0 aliphatic heterocycles. The number of nitrogens with zero attached hydrogens (tertiary/aromatic N) is 2. The fourth-order valence-electron chi connectivity index (χ4n) is 1.31. The molecule has 5 nitrogen and oxygen atoms in total. The Labute approximate surface area is 113 Å². The first-order valence-corrected chi connectivity index (χ1v) is 5.77. The molecule has 0 unspecified atom stereocenters. The van der Waals surface area contributed by atoms with E-state index in [0.29, 0.717) is 5.69 Å². The summed E-state index contributed by atoms with van der Waals surface area (Å²) in [4.78, 5) is 20.2. The molecular weight excluding hydrogens is 277 g/mol. The van der Waals surface area contributed by atoms with Gasteiger partial charge in [-0.05, 0) is 30.2 Å². The molecule has 1 aromatic carbocycles. The normalized spacial score (nSPS) is 10.2. The van der Waals surface area contributed by atoms with Crippen LogP contribution in [-0.4, -0.2) is 15.8 Å². The van der Waals surface area contributed by atoms with Gasteiger partial charge in [-0.15, -0.1) is 4.73 Å². The minimum absolute atomic E-state index is 0.0278. The van der Waals surface area contributed by atoms with E-state index in [-0.39, 0.29) is 10.4 Å². The molecule has 0 saturated heterocycles. The zero-order valence-corrected chi connectivity index (χ0v) is 10.9. The van der Waals surface area contributed by atoms with E-state index in [1.165, 1.54) is 6.20 Å². The first-order chi connectivity index (χ1) is 8.58. The standard InChI is InChI=1S/C11H9Cl2N3O2/c1-7-4-2-3-5-8(7)15-11(17)18-16-9(12)6-14-10(16)13/h2-6H,1H3,(H,15,17). The van der Waals surface area contributed by atoms with E-state index in [4.69, 9.17) is 28.0 Å². The Morgan fingerprint density at radius 3 is 2.72 bits per heavy atom. The maximum absolute atomic E-state index is 11.6. The van der Waals surface area contributed by atoms with Crippen LogP contribution >= 0.6 is 23.2 Å². The molecule has 18 heavy (non-hydrogen) atoms. The summed E-state index contributed by atoms with van der Waals surface area (Å²) in [5.41, 5.74) is 1.56. The molecule has 0 spiro atoms. The molecule has 2 aromatic rings. The van der Waals surface area contributed by atoms with Crippen LogP contribution in [0, 0.1) is 6.92 Å². The van der Waals surface area contributed by atoms with Gasteiger partial charge in [0, 0.05) is 5.69 Å². The molecule has 0 saturated carbocycles. The van der Waals surface area contributed by atoms with Gasteiger partial charge >= 0.3 is 6.09 Å².